The van der Waals surface area contributed by atoms with E-state index in [1.165, 1.54) is 0 Å². The first-order chi connectivity index (χ1) is 13.7. The lowest BCUT2D eigenvalue weighted by molar-refractivity contribution is 0.0624. The number of rotatable bonds is 5. The van der Waals surface area contributed by atoms with Gasteiger partial charge in [-0.1, -0.05) is 18.2 Å². The molecule has 2 heterocycles. The van der Waals surface area contributed by atoms with Crippen LogP contribution in [0.1, 0.15) is 23.3 Å². The summed E-state index contributed by atoms with van der Waals surface area (Å²) in [7, 11) is 3.61. The van der Waals surface area contributed by atoms with Gasteiger partial charge in [0, 0.05) is 37.0 Å². The average Bonchev–Trinajstić information content (AvgIpc) is 3.09. The summed E-state index contributed by atoms with van der Waals surface area (Å²) in [6.45, 7) is 2.15. The number of amides is 1. The molecule has 5 heteroatoms. The number of ether oxygens (including phenoxy) is 2. The summed E-state index contributed by atoms with van der Waals surface area (Å²) in [4.78, 5) is 15.1. The predicted molar refractivity (Wildman–Crippen MR) is 110 cm³/mol. The summed E-state index contributed by atoms with van der Waals surface area (Å²) in [5.41, 5.74) is 1.83. The zero-order valence-electron chi connectivity index (χ0n) is 16.4. The molecule has 2 aromatic carbocycles. The molecule has 1 aromatic heterocycles. The smallest absolute Gasteiger partial charge is 0.270 e. The Bertz CT molecular complexity index is 962. The summed E-state index contributed by atoms with van der Waals surface area (Å²) in [6.07, 6.45) is 2.08. The normalized spacial score (nSPS) is 16.9. The molecule has 0 radical (unpaired) electrons. The van der Waals surface area contributed by atoms with E-state index in [1.807, 2.05) is 71.1 Å². The Balaban J connectivity index is 1.41. The number of carbonyl (C=O) groups is 1. The highest BCUT2D eigenvalue weighted by atomic mass is 16.5. The van der Waals surface area contributed by atoms with Gasteiger partial charge in [0.25, 0.3) is 5.91 Å². The molecule has 0 saturated carbocycles. The SMILES string of the molecule is COc1ccc(OC[C@@H]2CCCN(C(=O)c3cc4ccccc4n3C)C2)cc1. The molecular weight excluding hydrogens is 352 g/mol. The molecule has 1 aliphatic heterocycles. The summed E-state index contributed by atoms with van der Waals surface area (Å²) in [5, 5.41) is 1.10. The Kier molecular flexibility index (Phi) is 5.24. The molecule has 0 bridgehead atoms. The van der Waals surface area contributed by atoms with Gasteiger partial charge in [0.1, 0.15) is 17.2 Å². The predicted octanol–water partition coefficient (Wildman–Crippen LogP) is 4.12. The van der Waals surface area contributed by atoms with Gasteiger partial charge in [-0.05, 0) is 49.2 Å². The minimum absolute atomic E-state index is 0.104. The van der Waals surface area contributed by atoms with Crippen LogP contribution >= 0.6 is 0 Å². The first-order valence-electron chi connectivity index (χ1n) is 9.76. The van der Waals surface area contributed by atoms with E-state index in [1.54, 1.807) is 7.11 Å². The van der Waals surface area contributed by atoms with Crippen LogP contribution in [0.15, 0.2) is 54.6 Å². The van der Waals surface area contributed by atoms with Gasteiger partial charge in [0.2, 0.25) is 0 Å². The van der Waals surface area contributed by atoms with Crippen molar-refractivity contribution in [3.63, 3.8) is 0 Å². The van der Waals surface area contributed by atoms with Gasteiger partial charge in [-0.15, -0.1) is 0 Å². The topological polar surface area (TPSA) is 43.7 Å². The van der Waals surface area contributed by atoms with Crippen molar-refractivity contribution in [2.75, 3.05) is 26.8 Å². The van der Waals surface area contributed by atoms with Crippen molar-refractivity contribution >= 4 is 16.8 Å². The highest BCUT2D eigenvalue weighted by Crippen LogP contribution is 2.24. The Hall–Kier alpha value is -2.95. The number of benzene rings is 2. The van der Waals surface area contributed by atoms with E-state index in [0.717, 1.165) is 54.0 Å². The number of carbonyl (C=O) groups excluding carboxylic acids is 1. The third kappa shape index (κ3) is 3.70. The van der Waals surface area contributed by atoms with E-state index in [9.17, 15) is 4.79 Å². The molecule has 1 fully saturated rings. The number of aromatic nitrogens is 1. The summed E-state index contributed by atoms with van der Waals surface area (Å²) in [6, 6.07) is 17.7. The fraction of sp³-hybridized carbons (Fsp3) is 0.348. The summed E-state index contributed by atoms with van der Waals surface area (Å²) in [5.74, 6) is 2.09. The Morgan fingerprint density at radius 3 is 2.61 bits per heavy atom. The van der Waals surface area contributed by atoms with Gasteiger partial charge < -0.3 is 18.9 Å². The number of para-hydroxylation sites is 1. The zero-order chi connectivity index (χ0) is 19.5. The van der Waals surface area contributed by atoms with Crippen LogP contribution in [0.2, 0.25) is 0 Å². The quantitative estimate of drug-likeness (QED) is 0.671. The molecular formula is C23H26N2O3. The van der Waals surface area contributed by atoms with Crippen molar-refractivity contribution in [3.8, 4) is 11.5 Å². The van der Waals surface area contributed by atoms with Crippen molar-refractivity contribution in [1.82, 2.24) is 9.47 Å². The van der Waals surface area contributed by atoms with Crippen LogP contribution in [0.25, 0.3) is 10.9 Å². The second-order valence-electron chi connectivity index (χ2n) is 7.39. The molecule has 1 aliphatic rings. The van der Waals surface area contributed by atoms with Crippen LogP contribution in [-0.2, 0) is 7.05 Å². The van der Waals surface area contributed by atoms with Crippen molar-refractivity contribution < 1.29 is 14.3 Å². The van der Waals surface area contributed by atoms with Crippen molar-refractivity contribution in [3.05, 3.63) is 60.3 Å². The fourth-order valence-electron chi connectivity index (χ4n) is 3.93. The van der Waals surface area contributed by atoms with Gasteiger partial charge in [-0.2, -0.15) is 0 Å². The average molecular weight is 378 g/mol. The molecule has 1 atom stereocenters. The lowest BCUT2D eigenvalue weighted by Crippen LogP contribution is -2.42. The van der Waals surface area contributed by atoms with Gasteiger partial charge in [0.05, 0.1) is 13.7 Å². The molecule has 0 aliphatic carbocycles. The number of piperidine rings is 1. The Morgan fingerprint density at radius 2 is 1.86 bits per heavy atom. The highest BCUT2D eigenvalue weighted by molar-refractivity contribution is 5.98. The minimum atomic E-state index is 0.104. The number of nitrogens with zero attached hydrogens (tertiary/aromatic N) is 2. The maximum Gasteiger partial charge on any atom is 0.270 e. The van der Waals surface area contributed by atoms with Gasteiger partial charge in [0.15, 0.2) is 0 Å². The lowest BCUT2D eigenvalue weighted by atomic mass is 9.98. The third-order valence-corrected chi connectivity index (χ3v) is 5.52. The molecule has 0 unspecified atom stereocenters. The van der Waals surface area contributed by atoms with Gasteiger partial charge >= 0.3 is 0 Å². The van der Waals surface area contributed by atoms with Crippen LogP contribution < -0.4 is 9.47 Å². The highest BCUT2D eigenvalue weighted by Gasteiger charge is 2.26. The van der Waals surface area contributed by atoms with Crippen LogP contribution in [0.5, 0.6) is 11.5 Å². The first kappa shape index (κ1) is 18.4. The second kappa shape index (κ2) is 7.97. The number of hydrogen-bond acceptors (Lipinski definition) is 3. The van der Waals surface area contributed by atoms with E-state index in [0.29, 0.717) is 12.5 Å². The maximum absolute atomic E-state index is 13.1. The maximum atomic E-state index is 13.1. The minimum Gasteiger partial charge on any atom is -0.497 e. The molecule has 5 nitrogen and oxygen atoms in total. The van der Waals surface area contributed by atoms with E-state index in [2.05, 4.69) is 0 Å². The largest absolute Gasteiger partial charge is 0.497 e. The Morgan fingerprint density at radius 1 is 1.11 bits per heavy atom. The van der Waals surface area contributed by atoms with E-state index < -0.39 is 0 Å². The van der Waals surface area contributed by atoms with E-state index in [4.69, 9.17) is 9.47 Å². The van der Waals surface area contributed by atoms with Gasteiger partial charge in [-0.3, -0.25) is 4.79 Å². The monoisotopic (exact) mass is 378 g/mol. The van der Waals surface area contributed by atoms with Crippen molar-refractivity contribution in [1.29, 1.82) is 0 Å². The van der Waals surface area contributed by atoms with E-state index >= 15 is 0 Å². The Labute approximate surface area is 165 Å². The fourth-order valence-corrected chi connectivity index (χ4v) is 3.93. The summed E-state index contributed by atoms with van der Waals surface area (Å²) < 4.78 is 13.1. The number of aryl methyl sites for hydroxylation is 1. The van der Waals surface area contributed by atoms with Crippen molar-refractivity contribution in [2.45, 2.75) is 12.8 Å². The van der Waals surface area contributed by atoms with E-state index in [-0.39, 0.29) is 5.91 Å². The molecule has 4 rings (SSSR count). The lowest BCUT2D eigenvalue weighted by Gasteiger charge is -2.32. The summed E-state index contributed by atoms with van der Waals surface area (Å²) >= 11 is 0. The molecule has 146 valence electrons. The molecule has 0 N–H and O–H groups in total. The van der Waals surface area contributed by atoms with Crippen molar-refractivity contribution in [2.24, 2.45) is 13.0 Å². The molecule has 1 amide bonds. The molecule has 28 heavy (non-hydrogen) atoms. The van der Waals surface area contributed by atoms with Gasteiger partial charge in [-0.25, -0.2) is 0 Å². The zero-order valence-corrected chi connectivity index (χ0v) is 16.4. The number of methoxy groups -OCH3 is 1. The second-order valence-corrected chi connectivity index (χ2v) is 7.39. The number of hydrogen-bond donors (Lipinski definition) is 0. The van der Waals surface area contributed by atoms with Crippen LogP contribution in [0, 0.1) is 5.92 Å². The van der Waals surface area contributed by atoms with Crippen LogP contribution in [0.4, 0.5) is 0 Å². The number of likely N-dealkylation sites (tertiary alicyclic amines) is 1. The number of fused-ring (bicyclic) bond motifs is 1. The standard InChI is InChI=1S/C23H26N2O3/c1-24-21-8-4-3-7-18(21)14-22(24)23(26)25-13-5-6-17(15-25)16-28-20-11-9-19(27-2)10-12-20/h3-4,7-12,14,17H,5-6,13,15-16H2,1-2H3/t17-/m1/s1. The molecule has 1 saturated heterocycles. The first-order valence-corrected chi connectivity index (χ1v) is 9.76. The molecule has 3 aromatic rings. The van der Waals surface area contributed by atoms with Crippen LogP contribution in [0.3, 0.4) is 0 Å². The van der Waals surface area contributed by atoms with Crippen LogP contribution in [-0.4, -0.2) is 42.2 Å². The third-order valence-electron chi connectivity index (χ3n) is 5.52. The molecule has 0 spiro atoms.